The number of methoxy groups -OCH3 is 3. The Morgan fingerprint density at radius 2 is 1.71 bits per heavy atom. The summed E-state index contributed by atoms with van der Waals surface area (Å²) in [5.74, 6) is 2.46. The fourth-order valence-electron chi connectivity index (χ4n) is 4.05. The van der Waals surface area contributed by atoms with Crippen LogP contribution in [0.1, 0.15) is 29.6 Å². The van der Waals surface area contributed by atoms with Gasteiger partial charge in [0.1, 0.15) is 5.75 Å². The Morgan fingerprint density at radius 1 is 1.04 bits per heavy atom. The molecular weight excluding hydrogens is 308 g/mol. The summed E-state index contributed by atoms with van der Waals surface area (Å²) < 4.78 is 16.0. The number of nitrogens with two attached hydrogens (primary N) is 1. The topological polar surface area (TPSA) is 74.0 Å². The van der Waals surface area contributed by atoms with Crippen LogP contribution in [0.2, 0.25) is 0 Å². The van der Waals surface area contributed by atoms with Gasteiger partial charge in [0.25, 0.3) is 5.91 Å². The molecule has 2 N–H and O–H groups in total. The van der Waals surface area contributed by atoms with Crippen molar-refractivity contribution >= 4 is 5.91 Å². The SMILES string of the molecule is COc1cc(OC)c(C(=O)N2CC3CCCC(N)C3C2)cc1OC. The molecule has 0 spiro atoms. The lowest BCUT2D eigenvalue weighted by atomic mass is 9.78. The highest BCUT2D eigenvalue weighted by Crippen LogP contribution is 2.39. The van der Waals surface area contributed by atoms with Gasteiger partial charge in [0, 0.05) is 31.3 Å². The molecular formula is C18H26N2O4. The molecule has 3 atom stereocenters. The lowest BCUT2D eigenvalue weighted by Gasteiger charge is -2.29. The first-order valence-electron chi connectivity index (χ1n) is 8.43. The molecule has 1 saturated carbocycles. The normalized spacial score (nSPS) is 26.0. The standard InChI is InChI=1S/C18H26N2O4/c1-22-15-8-17(24-3)16(23-2)7-12(15)18(21)20-9-11-5-4-6-14(19)13(11)10-20/h7-8,11,13-14H,4-6,9-10,19H2,1-3H3. The zero-order chi connectivity index (χ0) is 17.3. The fraction of sp³-hybridized carbons (Fsp3) is 0.611. The van der Waals surface area contributed by atoms with E-state index in [9.17, 15) is 4.79 Å². The molecule has 0 radical (unpaired) electrons. The number of hydrogen-bond donors (Lipinski definition) is 1. The second-order valence-electron chi connectivity index (χ2n) is 6.64. The summed E-state index contributed by atoms with van der Waals surface area (Å²) >= 11 is 0. The van der Waals surface area contributed by atoms with Crippen LogP contribution < -0.4 is 19.9 Å². The Kier molecular flexibility index (Phi) is 4.85. The number of carbonyl (C=O) groups is 1. The summed E-state index contributed by atoms with van der Waals surface area (Å²) in [7, 11) is 4.67. The Morgan fingerprint density at radius 3 is 2.33 bits per heavy atom. The van der Waals surface area contributed by atoms with Crippen molar-refractivity contribution in [2.75, 3.05) is 34.4 Å². The van der Waals surface area contributed by atoms with Crippen LogP contribution in [0.3, 0.4) is 0 Å². The summed E-state index contributed by atoms with van der Waals surface area (Å²) in [5.41, 5.74) is 6.76. The van der Waals surface area contributed by atoms with Crippen LogP contribution in [-0.2, 0) is 0 Å². The van der Waals surface area contributed by atoms with Gasteiger partial charge >= 0.3 is 0 Å². The molecule has 6 nitrogen and oxygen atoms in total. The van der Waals surface area contributed by atoms with Crippen molar-refractivity contribution in [3.63, 3.8) is 0 Å². The highest BCUT2D eigenvalue weighted by molar-refractivity contribution is 5.98. The third kappa shape index (κ3) is 2.90. The van der Waals surface area contributed by atoms with Crippen molar-refractivity contribution in [1.82, 2.24) is 4.90 Å². The smallest absolute Gasteiger partial charge is 0.257 e. The average Bonchev–Trinajstić information content (AvgIpc) is 3.05. The number of hydrogen-bond acceptors (Lipinski definition) is 5. The molecule has 1 saturated heterocycles. The van der Waals surface area contributed by atoms with E-state index in [2.05, 4.69) is 0 Å². The number of amides is 1. The van der Waals surface area contributed by atoms with Gasteiger partial charge in [0.15, 0.2) is 11.5 Å². The predicted octanol–water partition coefficient (Wildman–Crippen LogP) is 1.91. The number of nitrogens with zero attached hydrogens (tertiary/aromatic N) is 1. The van der Waals surface area contributed by atoms with Crippen LogP contribution in [-0.4, -0.2) is 51.3 Å². The summed E-state index contributed by atoms with van der Waals surface area (Å²) in [6, 6.07) is 3.59. The third-order valence-corrected chi connectivity index (χ3v) is 5.38. The van der Waals surface area contributed by atoms with E-state index in [1.54, 1.807) is 33.5 Å². The molecule has 3 unspecified atom stereocenters. The van der Waals surface area contributed by atoms with E-state index >= 15 is 0 Å². The van der Waals surface area contributed by atoms with Gasteiger partial charge in [-0.1, -0.05) is 6.42 Å². The number of carbonyl (C=O) groups excluding carboxylic acids is 1. The maximum absolute atomic E-state index is 13.1. The van der Waals surface area contributed by atoms with Crippen molar-refractivity contribution in [1.29, 1.82) is 0 Å². The van der Waals surface area contributed by atoms with Crippen molar-refractivity contribution in [2.24, 2.45) is 17.6 Å². The molecule has 1 aliphatic carbocycles. The maximum atomic E-state index is 13.1. The molecule has 24 heavy (non-hydrogen) atoms. The molecule has 1 heterocycles. The molecule has 1 aliphatic heterocycles. The van der Waals surface area contributed by atoms with E-state index in [1.165, 1.54) is 0 Å². The van der Waals surface area contributed by atoms with Crippen molar-refractivity contribution < 1.29 is 19.0 Å². The van der Waals surface area contributed by atoms with E-state index in [0.717, 1.165) is 32.4 Å². The van der Waals surface area contributed by atoms with Crippen molar-refractivity contribution in [3.05, 3.63) is 17.7 Å². The van der Waals surface area contributed by atoms with Crippen LogP contribution >= 0.6 is 0 Å². The monoisotopic (exact) mass is 334 g/mol. The summed E-state index contributed by atoms with van der Waals surface area (Å²) in [6.07, 6.45) is 3.37. The number of ether oxygens (including phenoxy) is 3. The lowest BCUT2D eigenvalue weighted by molar-refractivity contribution is 0.0779. The molecule has 1 aromatic rings. The third-order valence-electron chi connectivity index (χ3n) is 5.38. The van der Waals surface area contributed by atoms with Crippen LogP contribution in [0.25, 0.3) is 0 Å². The van der Waals surface area contributed by atoms with E-state index in [-0.39, 0.29) is 11.9 Å². The first kappa shape index (κ1) is 16.9. The number of likely N-dealkylation sites (tertiary alicyclic amines) is 1. The van der Waals surface area contributed by atoms with E-state index < -0.39 is 0 Å². The summed E-state index contributed by atoms with van der Waals surface area (Å²) in [4.78, 5) is 15.0. The minimum absolute atomic E-state index is 0.0330. The Hall–Kier alpha value is -1.95. The minimum Gasteiger partial charge on any atom is -0.496 e. The Balaban J connectivity index is 1.87. The number of rotatable bonds is 4. The molecule has 2 fully saturated rings. The largest absolute Gasteiger partial charge is 0.496 e. The van der Waals surface area contributed by atoms with Crippen LogP contribution in [0.5, 0.6) is 17.2 Å². The molecule has 6 heteroatoms. The zero-order valence-electron chi connectivity index (χ0n) is 14.6. The zero-order valence-corrected chi connectivity index (χ0v) is 14.6. The van der Waals surface area contributed by atoms with Crippen molar-refractivity contribution in [2.45, 2.75) is 25.3 Å². The van der Waals surface area contributed by atoms with Gasteiger partial charge in [-0.25, -0.2) is 0 Å². The predicted molar refractivity (Wildman–Crippen MR) is 90.8 cm³/mol. The van der Waals surface area contributed by atoms with Crippen molar-refractivity contribution in [3.8, 4) is 17.2 Å². The highest BCUT2D eigenvalue weighted by atomic mass is 16.5. The van der Waals surface area contributed by atoms with Gasteiger partial charge in [0.2, 0.25) is 0 Å². The van der Waals surface area contributed by atoms with Crippen LogP contribution in [0.4, 0.5) is 0 Å². The Bertz CT molecular complexity index is 619. The summed E-state index contributed by atoms with van der Waals surface area (Å²) in [6.45, 7) is 1.50. The molecule has 0 bridgehead atoms. The molecule has 2 aliphatic rings. The second-order valence-corrected chi connectivity index (χ2v) is 6.64. The van der Waals surface area contributed by atoms with Gasteiger partial charge in [-0.05, 0) is 24.7 Å². The van der Waals surface area contributed by atoms with Gasteiger partial charge in [-0.2, -0.15) is 0 Å². The number of benzene rings is 1. The van der Waals surface area contributed by atoms with E-state index in [1.807, 2.05) is 4.90 Å². The van der Waals surface area contributed by atoms with Gasteiger partial charge in [0.05, 0.1) is 26.9 Å². The molecule has 1 amide bonds. The minimum atomic E-state index is -0.0330. The quantitative estimate of drug-likeness (QED) is 0.910. The van der Waals surface area contributed by atoms with Crippen LogP contribution in [0, 0.1) is 11.8 Å². The van der Waals surface area contributed by atoms with Gasteiger partial charge in [-0.15, -0.1) is 0 Å². The van der Waals surface area contributed by atoms with E-state index in [4.69, 9.17) is 19.9 Å². The Labute approximate surface area is 142 Å². The molecule has 1 aromatic carbocycles. The molecule has 132 valence electrons. The average molecular weight is 334 g/mol. The van der Waals surface area contributed by atoms with Crippen LogP contribution in [0.15, 0.2) is 12.1 Å². The maximum Gasteiger partial charge on any atom is 0.257 e. The fourth-order valence-corrected chi connectivity index (χ4v) is 4.05. The first-order valence-corrected chi connectivity index (χ1v) is 8.43. The lowest BCUT2D eigenvalue weighted by Crippen LogP contribution is -2.38. The second kappa shape index (κ2) is 6.89. The molecule has 3 rings (SSSR count). The van der Waals surface area contributed by atoms with Gasteiger partial charge < -0.3 is 24.8 Å². The van der Waals surface area contributed by atoms with E-state index in [0.29, 0.717) is 34.6 Å². The number of fused-ring (bicyclic) bond motifs is 1. The summed E-state index contributed by atoms with van der Waals surface area (Å²) in [5, 5.41) is 0. The first-order chi connectivity index (χ1) is 11.6. The van der Waals surface area contributed by atoms with Gasteiger partial charge in [-0.3, -0.25) is 4.79 Å². The molecule has 0 aromatic heterocycles. The highest BCUT2D eigenvalue weighted by Gasteiger charge is 2.41.